The smallest absolute Gasteiger partial charge is 0.261 e. The van der Waals surface area contributed by atoms with Crippen LogP contribution in [0.1, 0.15) is 44.9 Å². The number of amides is 1. The van der Waals surface area contributed by atoms with E-state index in [1.807, 2.05) is 0 Å². The van der Waals surface area contributed by atoms with Gasteiger partial charge in [0.1, 0.15) is 0 Å². The first-order valence-electron chi connectivity index (χ1n) is 7.32. The van der Waals surface area contributed by atoms with Crippen LogP contribution in [-0.4, -0.2) is 14.3 Å². The molecule has 1 aliphatic rings. The van der Waals surface area contributed by atoms with Crippen molar-refractivity contribution in [2.75, 3.05) is 5.32 Å². The average Bonchev–Trinajstić information content (AvgIpc) is 2.37. The Kier molecular flexibility index (Phi) is 5.65. The monoisotopic (exact) mass is 329 g/mol. The summed E-state index contributed by atoms with van der Waals surface area (Å²) < 4.78 is 22.3. The Morgan fingerprint density at radius 1 is 1.00 bits per heavy atom. The van der Waals surface area contributed by atoms with E-state index in [2.05, 4.69) is 5.32 Å². The summed E-state index contributed by atoms with van der Waals surface area (Å²) in [5.41, 5.74) is 0.603. The van der Waals surface area contributed by atoms with Crippen LogP contribution in [0.15, 0.2) is 29.2 Å². The highest BCUT2D eigenvalue weighted by molar-refractivity contribution is 8.13. The van der Waals surface area contributed by atoms with E-state index < -0.39 is 9.05 Å². The van der Waals surface area contributed by atoms with Crippen molar-refractivity contribution >= 4 is 31.3 Å². The first kappa shape index (κ1) is 16.3. The highest BCUT2D eigenvalue weighted by Gasteiger charge is 2.19. The molecule has 0 bridgehead atoms. The first-order valence-corrected chi connectivity index (χ1v) is 9.63. The van der Waals surface area contributed by atoms with E-state index in [0.717, 1.165) is 25.7 Å². The maximum absolute atomic E-state index is 12.3. The molecule has 1 fully saturated rings. The number of rotatable bonds is 3. The number of hydrogen-bond acceptors (Lipinski definition) is 3. The SMILES string of the molecule is O=C(Nc1ccc(S(=O)(=O)Cl)cc1)C1CCCCCCC1. The van der Waals surface area contributed by atoms with Crippen LogP contribution >= 0.6 is 10.7 Å². The Balaban J connectivity index is 1.98. The van der Waals surface area contributed by atoms with E-state index in [-0.39, 0.29) is 16.7 Å². The largest absolute Gasteiger partial charge is 0.326 e. The number of nitrogens with one attached hydrogen (secondary N) is 1. The molecule has 1 aliphatic carbocycles. The van der Waals surface area contributed by atoms with Gasteiger partial charge in [-0.2, -0.15) is 0 Å². The van der Waals surface area contributed by atoms with E-state index in [9.17, 15) is 13.2 Å². The molecule has 6 heteroatoms. The van der Waals surface area contributed by atoms with Crippen molar-refractivity contribution < 1.29 is 13.2 Å². The molecule has 2 rings (SSSR count). The number of anilines is 1. The van der Waals surface area contributed by atoms with Gasteiger partial charge in [-0.25, -0.2) is 8.42 Å². The topological polar surface area (TPSA) is 63.2 Å². The lowest BCUT2D eigenvalue weighted by molar-refractivity contribution is -0.120. The molecular formula is C15H20ClNO3S. The normalized spacial score (nSPS) is 17.8. The van der Waals surface area contributed by atoms with Gasteiger partial charge >= 0.3 is 0 Å². The molecule has 0 aromatic heterocycles. The molecule has 0 atom stereocenters. The maximum Gasteiger partial charge on any atom is 0.261 e. The van der Waals surface area contributed by atoms with E-state index >= 15 is 0 Å². The second-order valence-corrected chi connectivity index (χ2v) is 8.06. The molecule has 116 valence electrons. The summed E-state index contributed by atoms with van der Waals surface area (Å²) in [6, 6.07) is 5.93. The summed E-state index contributed by atoms with van der Waals surface area (Å²) >= 11 is 0. The Bertz CT molecular complexity index is 575. The van der Waals surface area contributed by atoms with E-state index in [1.54, 1.807) is 12.1 Å². The van der Waals surface area contributed by atoms with Gasteiger partial charge in [0.25, 0.3) is 9.05 Å². The van der Waals surface area contributed by atoms with Crippen LogP contribution in [0.4, 0.5) is 5.69 Å². The molecule has 1 N–H and O–H groups in total. The molecule has 0 aliphatic heterocycles. The van der Waals surface area contributed by atoms with Crippen molar-refractivity contribution in [1.29, 1.82) is 0 Å². The standard InChI is InChI=1S/C15H20ClNO3S/c16-21(19,20)14-10-8-13(9-11-14)17-15(18)12-6-4-2-1-3-5-7-12/h8-12H,1-7H2,(H,17,18). The van der Waals surface area contributed by atoms with Crippen LogP contribution in [0.2, 0.25) is 0 Å². The van der Waals surface area contributed by atoms with Gasteiger partial charge in [0, 0.05) is 22.3 Å². The molecule has 21 heavy (non-hydrogen) atoms. The van der Waals surface area contributed by atoms with Crippen molar-refractivity contribution in [1.82, 2.24) is 0 Å². The summed E-state index contributed by atoms with van der Waals surface area (Å²) in [7, 11) is 1.54. The number of hydrogen-bond donors (Lipinski definition) is 1. The Labute approximate surface area is 130 Å². The van der Waals surface area contributed by atoms with Gasteiger partial charge in [0.2, 0.25) is 5.91 Å². The fraction of sp³-hybridized carbons (Fsp3) is 0.533. The van der Waals surface area contributed by atoms with Crippen LogP contribution in [-0.2, 0) is 13.8 Å². The number of carbonyl (C=O) groups excluding carboxylic acids is 1. The third-order valence-corrected chi connectivity index (χ3v) is 5.25. The lowest BCUT2D eigenvalue weighted by Gasteiger charge is -2.19. The van der Waals surface area contributed by atoms with Gasteiger partial charge in [-0.15, -0.1) is 0 Å². The quantitative estimate of drug-likeness (QED) is 0.855. The zero-order valence-corrected chi connectivity index (χ0v) is 13.4. The molecule has 0 saturated heterocycles. The zero-order chi connectivity index (χ0) is 15.3. The molecule has 0 spiro atoms. The molecule has 0 heterocycles. The van der Waals surface area contributed by atoms with Crippen molar-refractivity contribution in [3.63, 3.8) is 0 Å². The fourth-order valence-corrected chi connectivity index (χ4v) is 3.43. The molecule has 0 unspecified atom stereocenters. The highest BCUT2D eigenvalue weighted by Crippen LogP contribution is 2.24. The van der Waals surface area contributed by atoms with Gasteiger partial charge in [0.15, 0.2) is 0 Å². The molecule has 1 amide bonds. The molecular weight excluding hydrogens is 310 g/mol. The third kappa shape index (κ3) is 5.00. The minimum atomic E-state index is -3.72. The van der Waals surface area contributed by atoms with Gasteiger partial charge in [-0.05, 0) is 37.1 Å². The van der Waals surface area contributed by atoms with Gasteiger partial charge in [-0.1, -0.05) is 32.1 Å². The number of benzene rings is 1. The second kappa shape index (κ2) is 7.27. The summed E-state index contributed by atoms with van der Waals surface area (Å²) in [5, 5.41) is 2.86. The maximum atomic E-state index is 12.3. The van der Waals surface area contributed by atoms with Crippen molar-refractivity contribution in [3.8, 4) is 0 Å². The summed E-state index contributed by atoms with van der Waals surface area (Å²) in [5.74, 6) is 0.0834. The Hall–Kier alpha value is -1.07. The van der Waals surface area contributed by atoms with Gasteiger partial charge in [0.05, 0.1) is 4.90 Å². The average molecular weight is 330 g/mol. The first-order chi connectivity index (χ1) is 9.97. The molecule has 1 aromatic carbocycles. The van der Waals surface area contributed by atoms with Crippen LogP contribution in [0.25, 0.3) is 0 Å². The Morgan fingerprint density at radius 3 is 2.05 bits per heavy atom. The summed E-state index contributed by atoms with van der Waals surface area (Å²) in [6.45, 7) is 0. The highest BCUT2D eigenvalue weighted by atomic mass is 35.7. The third-order valence-electron chi connectivity index (χ3n) is 3.88. The molecule has 0 radical (unpaired) electrons. The lowest BCUT2D eigenvalue weighted by atomic mass is 9.90. The van der Waals surface area contributed by atoms with Gasteiger partial charge < -0.3 is 5.32 Å². The van der Waals surface area contributed by atoms with Crippen LogP contribution in [0, 0.1) is 5.92 Å². The van der Waals surface area contributed by atoms with E-state index in [0.29, 0.717) is 5.69 Å². The van der Waals surface area contributed by atoms with E-state index in [1.165, 1.54) is 31.4 Å². The summed E-state index contributed by atoms with van der Waals surface area (Å²) in [6.07, 6.45) is 7.73. The van der Waals surface area contributed by atoms with Crippen molar-refractivity contribution in [2.24, 2.45) is 5.92 Å². The van der Waals surface area contributed by atoms with Crippen molar-refractivity contribution in [3.05, 3.63) is 24.3 Å². The molecule has 4 nitrogen and oxygen atoms in total. The van der Waals surface area contributed by atoms with E-state index in [4.69, 9.17) is 10.7 Å². The second-order valence-electron chi connectivity index (χ2n) is 5.49. The summed E-state index contributed by atoms with van der Waals surface area (Å²) in [4.78, 5) is 12.3. The molecule has 1 saturated carbocycles. The van der Waals surface area contributed by atoms with Gasteiger partial charge in [-0.3, -0.25) is 4.79 Å². The minimum Gasteiger partial charge on any atom is -0.326 e. The van der Waals surface area contributed by atoms with Crippen molar-refractivity contribution in [2.45, 2.75) is 49.8 Å². The number of carbonyl (C=O) groups is 1. The predicted molar refractivity (Wildman–Crippen MR) is 83.9 cm³/mol. The predicted octanol–water partition coefficient (Wildman–Crippen LogP) is 3.91. The lowest BCUT2D eigenvalue weighted by Crippen LogP contribution is -2.23. The number of halogens is 1. The Morgan fingerprint density at radius 2 is 1.52 bits per heavy atom. The minimum absolute atomic E-state index is 0.0263. The zero-order valence-electron chi connectivity index (χ0n) is 11.8. The molecule has 1 aromatic rings. The van der Waals surface area contributed by atoms with Crippen LogP contribution in [0.5, 0.6) is 0 Å². The van der Waals surface area contributed by atoms with Crippen LogP contribution in [0.3, 0.4) is 0 Å². The van der Waals surface area contributed by atoms with Crippen LogP contribution < -0.4 is 5.32 Å². The fourth-order valence-electron chi connectivity index (χ4n) is 2.66.